The molecule has 0 aromatic carbocycles. The van der Waals surface area contributed by atoms with Crippen LogP contribution in [0.3, 0.4) is 0 Å². The first-order valence-electron chi connectivity index (χ1n) is 7.99. The first kappa shape index (κ1) is 15.2. The minimum absolute atomic E-state index is 0.685. The number of likely N-dealkylation sites (tertiary alicyclic amines) is 1. The van der Waals surface area contributed by atoms with E-state index in [0.29, 0.717) is 6.04 Å². The summed E-state index contributed by atoms with van der Waals surface area (Å²) in [6.07, 6.45) is 1.33. The number of hydrogen-bond acceptors (Lipinski definition) is 4. The molecule has 0 bridgehead atoms. The molecule has 1 N–H and O–H groups in total. The zero-order valence-corrected chi connectivity index (χ0v) is 12.9. The van der Waals surface area contributed by atoms with E-state index in [9.17, 15) is 0 Å². The normalized spacial score (nSPS) is 29.5. The van der Waals surface area contributed by atoms with E-state index in [4.69, 9.17) is 4.74 Å². The van der Waals surface area contributed by atoms with Gasteiger partial charge in [-0.05, 0) is 32.4 Å². The Morgan fingerprint density at radius 3 is 2.63 bits per heavy atom. The minimum atomic E-state index is 0.685. The van der Waals surface area contributed by atoms with Gasteiger partial charge >= 0.3 is 0 Å². The molecule has 2 saturated heterocycles. The summed E-state index contributed by atoms with van der Waals surface area (Å²) in [7, 11) is 0. The summed E-state index contributed by atoms with van der Waals surface area (Å²) < 4.78 is 5.45. The highest BCUT2D eigenvalue weighted by atomic mass is 16.5. The van der Waals surface area contributed by atoms with Gasteiger partial charge in [-0.15, -0.1) is 0 Å². The van der Waals surface area contributed by atoms with Crippen molar-refractivity contribution in [2.75, 3.05) is 52.5 Å². The Balaban J connectivity index is 1.76. The summed E-state index contributed by atoms with van der Waals surface area (Å²) in [5.41, 5.74) is 0. The van der Waals surface area contributed by atoms with Gasteiger partial charge in [-0.1, -0.05) is 13.8 Å². The van der Waals surface area contributed by atoms with Gasteiger partial charge in [0.2, 0.25) is 0 Å². The van der Waals surface area contributed by atoms with Gasteiger partial charge in [-0.3, -0.25) is 9.80 Å². The molecule has 2 aliphatic heterocycles. The van der Waals surface area contributed by atoms with Gasteiger partial charge in [0.1, 0.15) is 0 Å². The molecular formula is C15H31N3O. The van der Waals surface area contributed by atoms with Crippen LogP contribution in [0.2, 0.25) is 0 Å². The minimum Gasteiger partial charge on any atom is -0.379 e. The highest BCUT2D eigenvalue weighted by Gasteiger charge is 2.32. The van der Waals surface area contributed by atoms with Crippen LogP contribution in [-0.2, 0) is 4.74 Å². The fourth-order valence-electron chi connectivity index (χ4n) is 3.28. The highest BCUT2D eigenvalue weighted by molar-refractivity contribution is 4.88. The number of nitrogens with one attached hydrogen (secondary N) is 1. The summed E-state index contributed by atoms with van der Waals surface area (Å²) in [6, 6.07) is 1.45. The van der Waals surface area contributed by atoms with Crippen LogP contribution < -0.4 is 5.32 Å². The van der Waals surface area contributed by atoms with Gasteiger partial charge in [-0.25, -0.2) is 0 Å². The first-order chi connectivity index (χ1) is 9.22. The molecule has 19 heavy (non-hydrogen) atoms. The maximum Gasteiger partial charge on any atom is 0.0594 e. The third-order valence-corrected chi connectivity index (χ3v) is 4.87. The van der Waals surface area contributed by atoms with E-state index in [2.05, 4.69) is 35.9 Å². The average Bonchev–Trinajstić information content (AvgIpc) is 2.94. The van der Waals surface area contributed by atoms with Crippen molar-refractivity contribution in [3.8, 4) is 0 Å². The third-order valence-electron chi connectivity index (χ3n) is 4.87. The molecule has 4 nitrogen and oxygen atoms in total. The second-order valence-electron chi connectivity index (χ2n) is 6.11. The lowest BCUT2D eigenvalue weighted by Crippen LogP contribution is -2.46. The Kier molecular flexibility index (Phi) is 6.07. The molecule has 0 aromatic heterocycles. The van der Waals surface area contributed by atoms with Gasteiger partial charge in [0, 0.05) is 38.3 Å². The molecule has 2 fully saturated rings. The van der Waals surface area contributed by atoms with E-state index in [0.717, 1.165) is 51.4 Å². The van der Waals surface area contributed by atoms with Crippen LogP contribution in [0.4, 0.5) is 0 Å². The van der Waals surface area contributed by atoms with Crippen molar-refractivity contribution in [3.05, 3.63) is 0 Å². The van der Waals surface area contributed by atoms with E-state index in [1.807, 2.05) is 0 Å². The van der Waals surface area contributed by atoms with Gasteiger partial charge in [0.15, 0.2) is 0 Å². The lowest BCUT2D eigenvalue weighted by Gasteiger charge is -2.34. The standard InChI is InChI=1S/C15H31N3O/c1-4-16-11-13(2)14(3)18-6-5-15(12-18)17-7-9-19-10-8-17/h13-16H,4-12H2,1-3H3. The summed E-state index contributed by atoms with van der Waals surface area (Å²) in [4.78, 5) is 5.31. The van der Waals surface area contributed by atoms with Crippen LogP contribution in [0.25, 0.3) is 0 Å². The van der Waals surface area contributed by atoms with Crippen molar-refractivity contribution in [2.24, 2.45) is 5.92 Å². The Hall–Kier alpha value is -0.160. The fraction of sp³-hybridized carbons (Fsp3) is 1.00. The van der Waals surface area contributed by atoms with Gasteiger partial charge < -0.3 is 10.1 Å². The van der Waals surface area contributed by atoms with Crippen LogP contribution in [0.5, 0.6) is 0 Å². The molecule has 112 valence electrons. The molecule has 3 atom stereocenters. The Morgan fingerprint density at radius 2 is 1.95 bits per heavy atom. The molecule has 2 rings (SSSR count). The third kappa shape index (κ3) is 4.15. The van der Waals surface area contributed by atoms with E-state index in [1.54, 1.807) is 0 Å². The number of hydrogen-bond donors (Lipinski definition) is 1. The van der Waals surface area contributed by atoms with Gasteiger partial charge in [0.25, 0.3) is 0 Å². The zero-order chi connectivity index (χ0) is 13.7. The Morgan fingerprint density at radius 1 is 1.21 bits per heavy atom. The summed E-state index contributed by atoms with van der Waals surface area (Å²) in [6.45, 7) is 15.8. The largest absolute Gasteiger partial charge is 0.379 e. The van der Waals surface area contributed by atoms with Crippen molar-refractivity contribution >= 4 is 0 Å². The predicted octanol–water partition coefficient (Wildman–Crippen LogP) is 1.03. The molecule has 0 radical (unpaired) electrons. The molecule has 2 aliphatic rings. The molecule has 0 spiro atoms. The zero-order valence-electron chi connectivity index (χ0n) is 12.9. The van der Waals surface area contributed by atoms with Gasteiger partial charge in [0.05, 0.1) is 13.2 Å². The predicted molar refractivity (Wildman–Crippen MR) is 79.5 cm³/mol. The first-order valence-corrected chi connectivity index (χ1v) is 7.99. The van der Waals surface area contributed by atoms with E-state index < -0.39 is 0 Å². The molecule has 3 unspecified atom stereocenters. The maximum atomic E-state index is 5.45. The molecule has 0 aliphatic carbocycles. The van der Waals surface area contributed by atoms with Gasteiger partial charge in [-0.2, -0.15) is 0 Å². The van der Waals surface area contributed by atoms with Crippen LogP contribution in [0.15, 0.2) is 0 Å². The number of rotatable bonds is 6. The quantitative estimate of drug-likeness (QED) is 0.779. The fourth-order valence-corrected chi connectivity index (χ4v) is 3.28. The van der Waals surface area contributed by atoms with Crippen LogP contribution >= 0.6 is 0 Å². The summed E-state index contributed by atoms with van der Waals surface area (Å²) >= 11 is 0. The monoisotopic (exact) mass is 269 g/mol. The van der Waals surface area contributed by atoms with Crippen LogP contribution in [0, 0.1) is 5.92 Å². The smallest absolute Gasteiger partial charge is 0.0594 e. The topological polar surface area (TPSA) is 27.7 Å². The second-order valence-corrected chi connectivity index (χ2v) is 6.11. The van der Waals surface area contributed by atoms with E-state index in [-0.39, 0.29) is 0 Å². The number of morpholine rings is 1. The average molecular weight is 269 g/mol. The lowest BCUT2D eigenvalue weighted by molar-refractivity contribution is 0.0172. The molecule has 0 amide bonds. The number of ether oxygens (including phenoxy) is 1. The van der Waals surface area contributed by atoms with Crippen molar-refractivity contribution in [2.45, 2.75) is 39.3 Å². The Bertz CT molecular complexity index is 256. The summed E-state index contributed by atoms with van der Waals surface area (Å²) in [5.74, 6) is 0.725. The molecular weight excluding hydrogens is 238 g/mol. The molecule has 0 aromatic rings. The van der Waals surface area contributed by atoms with Crippen molar-refractivity contribution in [1.82, 2.24) is 15.1 Å². The highest BCUT2D eigenvalue weighted by Crippen LogP contribution is 2.21. The second kappa shape index (κ2) is 7.58. The summed E-state index contributed by atoms with van der Waals surface area (Å²) in [5, 5.41) is 3.47. The lowest BCUT2D eigenvalue weighted by atomic mass is 10.0. The van der Waals surface area contributed by atoms with Crippen molar-refractivity contribution in [3.63, 3.8) is 0 Å². The van der Waals surface area contributed by atoms with Crippen molar-refractivity contribution in [1.29, 1.82) is 0 Å². The maximum absolute atomic E-state index is 5.45. The Labute approximate surface area is 118 Å². The SMILES string of the molecule is CCNCC(C)C(C)N1CCC(N2CCOCC2)C1. The molecule has 0 saturated carbocycles. The number of nitrogens with zero attached hydrogens (tertiary/aromatic N) is 2. The van der Waals surface area contributed by atoms with E-state index >= 15 is 0 Å². The van der Waals surface area contributed by atoms with Crippen molar-refractivity contribution < 1.29 is 4.74 Å². The van der Waals surface area contributed by atoms with Crippen LogP contribution in [0.1, 0.15) is 27.2 Å². The molecule has 4 heteroatoms. The van der Waals surface area contributed by atoms with Crippen LogP contribution in [-0.4, -0.2) is 74.4 Å². The van der Waals surface area contributed by atoms with E-state index in [1.165, 1.54) is 19.5 Å². The molecule has 2 heterocycles.